The third-order valence-corrected chi connectivity index (χ3v) is 10.6. The Hall–Kier alpha value is -2.20. The van der Waals surface area contributed by atoms with Crippen LogP contribution in [0.3, 0.4) is 0 Å². The first-order chi connectivity index (χ1) is 15.1. The zero-order valence-corrected chi connectivity index (χ0v) is 22.3. The van der Waals surface area contributed by atoms with Crippen LogP contribution in [0.4, 0.5) is 14.9 Å². The molecule has 1 aromatic rings. The fourth-order valence-electron chi connectivity index (χ4n) is 3.19. The number of hydrogen-bond donors (Lipinski definition) is 0. The third kappa shape index (κ3) is 6.89. The lowest BCUT2D eigenvalue weighted by atomic mass is 10.1. The highest BCUT2D eigenvalue weighted by atomic mass is 28.4. The molecule has 1 amide bonds. The fraction of sp³-hybridized carbons (Fsp3) is 0.696. The molecule has 0 saturated carbocycles. The van der Waals surface area contributed by atoms with Crippen molar-refractivity contribution in [2.24, 2.45) is 0 Å². The Morgan fingerprint density at radius 1 is 1.15 bits per heavy atom. The van der Waals surface area contributed by atoms with Crippen LogP contribution in [0, 0.1) is 5.95 Å². The van der Waals surface area contributed by atoms with Crippen LogP contribution < -0.4 is 4.90 Å². The van der Waals surface area contributed by atoms with Crippen LogP contribution in [0.15, 0.2) is 12.1 Å². The number of nitrogens with zero attached hydrogens (tertiary/aromatic N) is 3. The number of hydrogen-bond acceptors (Lipinski definition) is 7. The second-order valence-electron chi connectivity index (χ2n) is 10.8. The van der Waals surface area contributed by atoms with Gasteiger partial charge in [-0.1, -0.05) is 20.8 Å². The quantitative estimate of drug-likeness (QED) is 0.348. The number of ether oxygens (including phenoxy) is 2. The number of methoxy groups -OCH3 is 1. The van der Waals surface area contributed by atoms with Gasteiger partial charge in [-0.2, -0.15) is 4.39 Å². The Labute approximate surface area is 197 Å². The summed E-state index contributed by atoms with van der Waals surface area (Å²) in [6.45, 7) is 17.6. The van der Waals surface area contributed by atoms with Gasteiger partial charge in [-0.15, -0.1) is 0 Å². The molecular formula is C23H38FN3O5Si. The predicted molar refractivity (Wildman–Crippen MR) is 128 cm³/mol. The normalized spacial score (nSPS) is 17.7. The molecule has 1 aromatic heterocycles. The zero-order chi connectivity index (χ0) is 25.2. The molecule has 8 nitrogen and oxygen atoms in total. The van der Waals surface area contributed by atoms with Crippen LogP contribution in [-0.4, -0.2) is 75.3 Å². The van der Waals surface area contributed by atoms with Gasteiger partial charge in [-0.05, 0) is 51.0 Å². The van der Waals surface area contributed by atoms with Crippen LogP contribution in [0.5, 0.6) is 0 Å². The number of halogens is 1. The molecule has 0 N–H and O–H groups in total. The summed E-state index contributed by atoms with van der Waals surface area (Å²) in [5, 5.41) is 0.00627. The van der Waals surface area contributed by atoms with Gasteiger partial charge in [0.05, 0.1) is 25.4 Å². The van der Waals surface area contributed by atoms with Gasteiger partial charge in [0.25, 0.3) is 0 Å². The Morgan fingerprint density at radius 3 is 2.30 bits per heavy atom. The van der Waals surface area contributed by atoms with Gasteiger partial charge in [0.1, 0.15) is 5.60 Å². The van der Waals surface area contributed by atoms with Crippen molar-refractivity contribution in [3.05, 3.63) is 23.8 Å². The van der Waals surface area contributed by atoms with Gasteiger partial charge in [0.15, 0.2) is 14.0 Å². The molecule has 1 aliphatic rings. The summed E-state index contributed by atoms with van der Waals surface area (Å²) in [4.78, 5) is 31.7. The molecule has 10 heteroatoms. The van der Waals surface area contributed by atoms with Gasteiger partial charge >= 0.3 is 12.1 Å². The maximum Gasteiger partial charge on any atom is 0.410 e. The van der Waals surface area contributed by atoms with Crippen LogP contribution in [0.25, 0.3) is 0 Å². The van der Waals surface area contributed by atoms with E-state index >= 15 is 0 Å². The van der Waals surface area contributed by atoms with E-state index in [1.54, 1.807) is 4.90 Å². The molecular weight excluding hydrogens is 445 g/mol. The van der Waals surface area contributed by atoms with Gasteiger partial charge < -0.3 is 23.7 Å². The number of anilines is 1. The first-order valence-electron chi connectivity index (χ1n) is 11.2. The minimum atomic E-state index is -2.08. The number of piperazine rings is 1. The fourth-order valence-corrected chi connectivity index (χ4v) is 4.23. The van der Waals surface area contributed by atoms with Crippen molar-refractivity contribution < 1.29 is 27.9 Å². The Morgan fingerprint density at radius 2 is 1.79 bits per heavy atom. The van der Waals surface area contributed by atoms with E-state index < -0.39 is 31.9 Å². The molecule has 1 saturated heterocycles. The van der Waals surface area contributed by atoms with E-state index in [0.29, 0.717) is 26.2 Å². The van der Waals surface area contributed by atoms with E-state index in [1.807, 2.05) is 25.7 Å². The highest BCUT2D eigenvalue weighted by molar-refractivity contribution is 6.74. The Kier molecular flexibility index (Phi) is 8.17. The maximum atomic E-state index is 14.9. The zero-order valence-electron chi connectivity index (χ0n) is 21.3. The smallest absolute Gasteiger partial charge is 0.410 e. The van der Waals surface area contributed by atoms with Crippen molar-refractivity contribution in [2.45, 2.75) is 71.3 Å². The molecule has 1 fully saturated rings. The summed E-state index contributed by atoms with van der Waals surface area (Å²) in [6, 6.07) is 2.66. The van der Waals surface area contributed by atoms with E-state index in [9.17, 15) is 14.0 Å². The molecule has 0 bridgehead atoms. The van der Waals surface area contributed by atoms with Gasteiger partial charge in [0, 0.05) is 19.6 Å². The standard InChI is InChI=1S/C23H38FN3O5Si/c1-22(2,3)32-21(29)26-12-13-27(16(14-26)15-31-33(8,9)23(4,5)6)18-11-10-17(20(28)30-7)25-19(18)24/h10-11,16H,12-15H2,1-9H3. The van der Waals surface area contributed by atoms with E-state index in [-0.39, 0.29) is 22.5 Å². The van der Waals surface area contributed by atoms with Crippen molar-refractivity contribution in [2.75, 3.05) is 38.3 Å². The minimum Gasteiger partial charge on any atom is -0.464 e. The largest absolute Gasteiger partial charge is 0.464 e. The van der Waals surface area contributed by atoms with Gasteiger partial charge in [-0.3, -0.25) is 0 Å². The number of carbonyl (C=O) groups is 2. The summed E-state index contributed by atoms with van der Waals surface area (Å²) in [5.74, 6) is -1.46. The highest BCUT2D eigenvalue weighted by Gasteiger charge is 2.40. The second-order valence-corrected chi connectivity index (χ2v) is 15.7. The van der Waals surface area contributed by atoms with Gasteiger partial charge in [-0.25, -0.2) is 14.6 Å². The Bertz CT molecular complexity index is 867. The van der Waals surface area contributed by atoms with E-state index in [4.69, 9.17) is 9.16 Å². The molecule has 0 radical (unpaired) electrons. The SMILES string of the molecule is COC(=O)c1ccc(N2CCN(C(=O)OC(C)(C)C)CC2CO[Si](C)(C)C(C)(C)C)c(F)n1. The average Bonchev–Trinajstić information content (AvgIpc) is 2.69. The first-order valence-corrected chi connectivity index (χ1v) is 14.1. The van der Waals surface area contributed by atoms with E-state index in [0.717, 1.165) is 0 Å². The molecule has 0 spiro atoms. The first kappa shape index (κ1) is 27.0. The number of aromatic nitrogens is 1. The average molecular weight is 484 g/mol. The van der Waals surface area contributed by atoms with Gasteiger partial charge in [0.2, 0.25) is 5.95 Å². The molecule has 2 heterocycles. The lowest BCUT2D eigenvalue weighted by Crippen LogP contribution is -2.58. The molecule has 0 aliphatic carbocycles. The molecule has 1 aliphatic heterocycles. The van der Waals surface area contributed by atoms with Crippen LogP contribution in [-0.2, 0) is 13.9 Å². The number of esters is 1. The summed E-state index contributed by atoms with van der Waals surface area (Å²) in [5.41, 5.74) is -0.447. The monoisotopic (exact) mass is 483 g/mol. The minimum absolute atomic E-state index is 0.00627. The van der Waals surface area contributed by atoms with Crippen molar-refractivity contribution >= 4 is 26.1 Å². The number of carbonyl (C=O) groups excluding carboxylic acids is 2. The van der Waals surface area contributed by atoms with Crippen molar-refractivity contribution in [1.82, 2.24) is 9.88 Å². The maximum absolute atomic E-state index is 14.9. The van der Waals surface area contributed by atoms with E-state index in [2.05, 4.69) is 43.6 Å². The predicted octanol–water partition coefficient (Wildman–Crippen LogP) is 4.45. The molecule has 0 aromatic carbocycles. The van der Waals surface area contributed by atoms with Crippen molar-refractivity contribution in [3.63, 3.8) is 0 Å². The van der Waals surface area contributed by atoms with Crippen molar-refractivity contribution in [3.8, 4) is 0 Å². The molecule has 1 atom stereocenters. The molecule has 33 heavy (non-hydrogen) atoms. The Balaban J connectivity index is 2.30. The van der Waals surface area contributed by atoms with Crippen LogP contribution in [0.2, 0.25) is 18.1 Å². The molecule has 186 valence electrons. The summed E-state index contributed by atoms with van der Waals surface area (Å²) in [6.07, 6.45) is -0.404. The highest BCUT2D eigenvalue weighted by Crippen LogP contribution is 2.37. The molecule has 1 unspecified atom stereocenters. The summed E-state index contributed by atoms with van der Waals surface area (Å²) in [7, 11) is -0.859. The number of rotatable bonds is 5. The van der Waals surface area contributed by atoms with E-state index in [1.165, 1.54) is 19.2 Å². The summed E-state index contributed by atoms with van der Waals surface area (Å²) >= 11 is 0. The number of amides is 1. The molecule has 2 rings (SSSR count). The van der Waals surface area contributed by atoms with Crippen LogP contribution in [0.1, 0.15) is 52.0 Å². The third-order valence-electron chi connectivity index (χ3n) is 6.11. The van der Waals surface area contributed by atoms with Crippen LogP contribution >= 0.6 is 0 Å². The lowest BCUT2D eigenvalue weighted by Gasteiger charge is -2.44. The summed E-state index contributed by atoms with van der Waals surface area (Å²) < 4.78 is 31.6. The lowest BCUT2D eigenvalue weighted by molar-refractivity contribution is 0.0198. The second kappa shape index (κ2) is 9.96. The number of pyridine rings is 1. The topological polar surface area (TPSA) is 81.2 Å². The van der Waals surface area contributed by atoms with Crippen molar-refractivity contribution in [1.29, 1.82) is 0 Å².